The first-order valence-electron chi connectivity index (χ1n) is 14.7. The third kappa shape index (κ3) is 8.82. The molecule has 0 radical (unpaired) electrons. The zero-order valence-corrected chi connectivity index (χ0v) is 24.8. The predicted molar refractivity (Wildman–Crippen MR) is 172 cm³/mol. The van der Waals surface area contributed by atoms with Crippen molar-refractivity contribution in [1.82, 2.24) is 20.9 Å². The first-order chi connectivity index (χ1) is 22.3. The summed E-state index contributed by atoms with van der Waals surface area (Å²) in [6.45, 7) is 0.0972. The highest BCUT2D eigenvalue weighted by Crippen LogP contribution is 2.17. The summed E-state index contributed by atoms with van der Waals surface area (Å²) in [5, 5.41) is 20.6. The number of carbonyl (C=O) groups is 4. The summed E-state index contributed by atoms with van der Waals surface area (Å²) in [4.78, 5) is 56.3. The molecule has 1 aliphatic carbocycles. The van der Waals surface area contributed by atoms with Crippen LogP contribution in [0.15, 0.2) is 114 Å². The number of benzene rings is 3. The van der Waals surface area contributed by atoms with Gasteiger partial charge in [-0.2, -0.15) is 0 Å². The number of carboxylic acid groups (broad SMARTS) is 1. The van der Waals surface area contributed by atoms with Crippen molar-refractivity contribution in [2.75, 3.05) is 18.4 Å². The van der Waals surface area contributed by atoms with E-state index in [0.717, 1.165) is 11.1 Å². The number of nitrogens with zero attached hydrogens (tertiary/aromatic N) is 2. The van der Waals surface area contributed by atoms with Crippen LogP contribution in [0.4, 0.5) is 15.3 Å². The molecule has 5 rings (SSSR count). The van der Waals surface area contributed by atoms with E-state index in [2.05, 4.69) is 21.3 Å². The van der Waals surface area contributed by atoms with Gasteiger partial charge in [0.25, 0.3) is 5.91 Å². The largest absolute Gasteiger partial charge is 0.480 e. The Balaban J connectivity index is 1.17. The Morgan fingerprint density at radius 1 is 0.870 bits per heavy atom. The van der Waals surface area contributed by atoms with E-state index < -0.39 is 24.0 Å². The topological polar surface area (TPSA) is 161 Å². The molecule has 0 aromatic heterocycles. The Kier molecular flexibility index (Phi) is 10.4. The molecule has 4 amide bonds. The number of aliphatic carboxylic acids is 1. The highest BCUT2D eigenvalue weighted by molar-refractivity contribution is 5.95. The van der Waals surface area contributed by atoms with Crippen LogP contribution in [0.3, 0.4) is 0 Å². The molecule has 1 heterocycles. The number of ether oxygens (including phenoxy) is 1. The van der Waals surface area contributed by atoms with Gasteiger partial charge < -0.3 is 36.0 Å². The number of hydrogen-bond acceptors (Lipinski definition) is 7. The van der Waals surface area contributed by atoms with Gasteiger partial charge in [0.15, 0.2) is 0 Å². The molecule has 5 N–H and O–H groups in total. The highest BCUT2D eigenvalue weighted by Gasteiger charge is 2.28. The van der Waals surface area contributed by atoms with Crippen molar-refractivity contribution in [3.8, 4) is 0 Å². The van der Waals surface area contributed by atoms with Crippen molar-refractivity contribution in [3.63, 3.8) is 0 Å². The van der Waals surface area contributed by atoms with E-state index in [1.807, 2.05) is 48.6 Å². The summed E-state index contributed by atoms with van der Waals surface area (Å²) < 4.78 is 5.09. The average molecular weight is 623 g/mol. The molecule has 0 saturated heterocycles. The summed E-state index contributed by atoms with van der Waals surface area (Å²) in [6.07, 6.45) is 7.04. The van der Waals surface area contributed by atoms with Crippen molar-refractivity contribution < 1.29 is 29.0 Å². The van der Waals surface area contributed by atoms with Crippen LogP contribution in [0.5, 0.6) is 0 Å². The van der Waals surface area contributed by atoms with Gasteiger partial charge in [0.2, 0.25) is 0 Å². The zero-order chi connectivity index (χ0) is 32.3. The van der Waals surface area contributed by atoms with Crippen molar-refractivity contribution in [1.29, 1.82) is 0 Å². The average Bonchev–Trinajstić information content (AvgIpc) is 3.49. The Bertz CT molecular complexity index is 1620. The van der Waals surface area contributed by atoms with Gasteiger partial charge in [-0.05, 0) is 35.4 Å². The molecule has 12 nitrogen and oxygen atoms in total. The quantitative estimate of drug-likeness (QED) is 0.206. The Morgan fingerprint density at radius 2 is 1.57 bits per heavy atom. The lowest BCUT2D eigenvalue weighted by Gasteiger charge is -2.24. The highest BCUT2D eigenvalue weighted by atomic mass is 16.5. The zero-order valence-electron chi connectivity index (χ0n) is 24.8. The molecule has 3 unspecified atom stereocenters. The molecule has 3 atom stereocenters. The Morgan fingerprint density at radius 3 is 2.26 bits per heavy atom. The van der Waals surface area contributed by atoms with E-state index in [1.165, 1.54) is 0 Å². The number of carbonyl (C=O) groups excluding carboxylic acids is 3. The van der Waals surface area contributed by atoms with Crippen molar-refractivity contribution in [2.45, 2.75) is 31.3 Å². The monoisotopic (exact) mass is 622 g/mol. The Labute approximate surface area is 265 Å². The molecule has 236 valence electrons. The third-order valence-corrected chi connectivity index (χ3v) is 7.26. The van der Waals surface area contributed by atoms with Crippen LogP contribution in [-0.2, 0) is 22.7 Å². The predicted octanol–water partition coefficient (Wildman–Crippen LogP) is 3.70. The van der Waals surface area contributed by atoms with Crippen molar-refractivity contribution in [3.05, 3.63) is 126 Å². The van der Waals surface area contributed by atoms with Crippen LogP contribution in [0, 0.1) is 0 Å². The fraction of sp³-hybridized carbons (Fsp3) is 0.206. The van der Waals surface area contributed by atoms with E-state index in [-0.39, 0.29) is 49.9 Å². The SMILES string of the molecule is O=C(NC(CNC(=O)c1ccc(CN(CC2=NC3C=CC=CC3N2)C(=O)Nc2ccccc2)cc1)C(=O)O)OCc1ccccc1. The molecular formula is C34H34N6O6. The molecule has 3 aromatic carbocycles. The lowest BCUT2D eigenvalue weighted by atomic mass is 10.1. The lowest BCUT2D eigenvalue weighted by Crippen LogP contribution is -2.48. The number of allylic oxidation sites excluding steroid dienone is 2. The van der Waals surface area contributed by atoms with Crippen LogP contribution < -0.4 is 21.3 Å². The van der Waals surface area contributed by atoms with Gasteiger partial charge in [-0.3, -0.25) is 9.79 Å². The summed E-state index contributed by atoms with van der Waals surface area (Å²) in [7, 11) is 0. The van der Waals surface area contributed by atoms with Gasteiger partial charge in [0.05, 0.1) is 18.6 Å². The number of amidine groups is 1. The molecular weight excluding hydrogens is 588 g/mol. The van der Waals surface area contributed by atoms with E-state index in [4.69, 9.17) is 9.73 Å². The summed E-state index contributed by atoms with van der Waals surface area (Å²) in [5.41, 5.74) is 2.45. The van der Waals surface area contributed by atoms with Crippen LogP contribution in [0.2, 0.25) is 0 Å². The molecule has 3 aromatic rings. The van der Waals surface area contributed by atoms with E-state index in [0.29, 0.717) is 11.5 Å². The normalized spacial score (nSPS) is 16.7. The number of para-hydroxylation sites is 1. The molecule has 12 heteroatoms. The van der Waals surface area contributed by atoms with Crippen LogP contribution in [0.25, 0.3) is 0 Å². The fourth-order valence-electron chi connectivity index (χ4n) is 4.84. The molecule has 1 aliphatic heterocycles. The van der Waals surface area contributed by atoms with Crippen molar-refractivity contribution in [2.24, 2.45) is 4.99 Å². The second-order valence-electron chi connectivity index (χ2n) is 10.7. The Hall–Kier alpha value is -5.91. The van der Waals surface area contributed by atoms with Gasteiger partial charge in [-0.25, -0.2) is 14.4 Å². The van der Waals surface area contributed by atoms with Crippen LogP contribution in [-0.4, -0.2) is 71.1 Å². The maximum absolute atomic E-state index is 13.3. The first kappa shape index (κ1) is 31.5. The lowest BCUT2D eigenvalue weighted by molar-refractivity contribution is -0.139. The molecule has 0 fully saturated rings. The van der Waals surface area contributed by atoms with Gasteiger partial charge in [-0.1, -0.05) is 85.0 Å². The second-order valence-corrected chi connectivity index (χ2v) is 10.7. The smallest absolute Gasteiger partial charge is 0.408 e. The number of hydrogen-bond donors (Lipinski definition) is 5. The van der Waals surface area contributed by atoms with E-state index in [9.17, 15) is 24.3 Å². The number of urea groups is 1. The summed E-state index contributed by atoms with van der Waals surface area (Å²) in [6, 6.07) is 23.0. The number of alkyl carbamates (subject to hydrolysis) is 1. The number of aliphatic imine (C=N–C) groups is 1. The van der Waals surface area contributed by atoms with E-state index >= 15 is 0 Å². The maximum Gasteiger partial charge on any atom is 0.408 e. The molecule has 2 aliphatic rings. The van der Waals surface area contributed by atoms with E-state index in [1.54, 1.807) is 65.6 Å². The summed E-state index contributed by atoms with van der Waals surface area (Å²) >= 11 is 0. The van der Waals surface area contributed by atoms with Crippen LogP contribution >= 0.6 is 0 Å². The standard InChI is InChI=1S/C34H34N6O6/c41-31(35-19-29(32(42)43)39-34(45)46-22-24-9-3-1-4-10-24)25-17-15-23(16-18-25)20-40(33(44)36-26-11-5-2-6-12-26)21-30-37-27-13-7-8-14-28(27)38-30/h1-18,27-29H,19-22H2,(H,35,41)(H,36,44)(H,37,38)(H,39,45)(H,42,43). The van der Waals surface area contributed by atoms with Gasteiger partial charge in [0, 0.05) is 24.3 Å². The molecule has 0 saturated carbocycles. The number of nitrogens with one attached hydrogen (secondary N) is 4. The fourth-order valence-corrected chi connectivity index (χ4v) is 4.84. The van der Waals surface area contributed by atoms with Gasteiger partial charge in [-0.15, -0.1) is 0 Å². The number of carboxylic acids is 1. The van der Waals surface area contributed by atoms with Crippen LogP contribution in [0.1, 0.15) is 21.5 Å². The first-order valence-corrected chi connectivity index (χ1v) is 14.7. The third-order valence-electron chi connectivity index (χ3n) is 7.26. The van der Waals surface area contributed by atoms with Gasteiger partial charge in [0.1, 0.15) is 18.5 Å². The molecule has 46 heavy (non-hydrogen) atoms. The number of amides is 4. The maximum atomic E-state index is 13.3. The van der Waals surface area contributed by atoms with Gasteiger partial charge >= 0.3 is 18.1 Å². The minimum absolute atomic E-state index is 0.0207. The number of anilines is 1. The minimum Gasteiger partial charge on any atom is -0.480 e. The molecule has 0 bridgehead atoms. The number of fused-ring (bicyclic) bond motifs is 1. The van der Waals surface area contributed by atoms with Crippen molar-refractivity contribution >= 4 is 35.5 Å². The number of rotatable bonds is 12. The second kappa shape index (κ2) is 15.2. The summed E-state index contributed by atoms with van der Waals surface area (Å²) in [5.74, 6) is -1.16. The molecule has 0 spiro atoms. The minimum atomic E-state index is -1.40.